The average molecular weight is 284 g/mol. The van der Waals surface area contributed by atoms with Crippen LogP contribution in [-0.4, -0.2) is 16.5 Å². The van der Waals surface area contributed by atoms with E-state index in [9.17, 15) is 9.90 Å². The molecule has 0 amide bonds. The monoisotopic (exact) mass is 284 g/mol. The van der Waals surface area contributed by atoms with Gasteiger partial charge in [0.25, 0.3) is 0 Å². The summed E-state index contributed by atoms with van der Waals surface area (Å²) in [6.07, 6.45) is 6.68. The third-order valence-electron chi connectivity index (χ3n) is 2.92. The summed E-state index contributed by atoms with van der Waals surface area (Å²) in [5.74, 6) is 5.80. The third-order valence-corrected chi connectivity index (χ3v) is 3.70. The predicted octanol–water partition coefficient (Wildman–Crippen LogP) is 3.25. The number of carbonyl (C=O) groups excluding carboxylic acids is 1. The van der Waals surface area contributed by atoms with Gasteiger partial charge in [0, 0.05) is 12.0 Å². The van der Waals surface area contributed by atoms with Crippen molar-refractivity contribution in [2.24, 2.45) is 0 Å². The second-order valence-electron chi connectivity index (χ2n) is 4.90. The Kier molecular flexibility index (Phi) is 4.39. The lowest BCUT2D eigenvalue weighted by Crippen LogP contribution is -2.27. The molecule has 1 N–H and O–H groups in total. The molecule has 0 bridgehead atoms. The molecule has 1 aromatic rings. The smallest absolute Gasteiger partial charge is 0.184 e. The lowest BCUT2D eigenvalue weighted by molar-refractivity contribution is -0.112. The zero-order valence-electron chi connectivity index (χ0n) is 11.5. The number of thiophene rings is 1. The molecule has 1 aliphatic rings. The van der Waals surface area contributed by atoms with Gasteiger partial charge in [0.1, 0.15) is 5.60 Å². The van der Waals surface area contributed by atoms with Gasteiger partial charge >= 0.3 is 0 Å². The maximum absolute atomic E-state index is 11.8. The van der Waals surface area contributed by atoms with Gasteiger partial charge in [-0.25, -0.2) is 0 Å². The lowest BCUT2D eigenvalue weighted by atomic mass is 9.92. The highest BCUT2D eigenvalue weighted by molar-refractivity contribution is 7.10. The van der Waals surface area contributed by atoms with Crippen molar-refractivity contribution in [3.63, 3.8) is 0 Å². The van der Waals surface area contributed by atoms with Crippen molar-refractivity contribution in [3.05, 3.63) is 57.8 Å². The second-order valence-corrected chi connectivity index (χ2v) is 5.85. The molecule has 0 saturated carbocycles. The summed E-state index contributed by atoms with van der Waals surface area (Å²) in [5, 5.41) is 12.5. The molecule has 3 heteroatoms. The fraction of sp³-hybridized carbons (Fsp3) is 0.235. The van der Waals surface area contributed by atoms with Crippen molar-refractivity contribution in [2.45, 2.75) is 25.9 Å². The highest BCUT2D eigenvalue weighted by Gasteiger charge is 2.36. The molecule has 20 heavy (non-hydrogen) atoms. The first-order valence-electron chi connectivity index (χ1n) is 6.35. The van der Waals surface area contributed by atoms with Gasteiger partial charge in [-0.1, -0.05) is 35.6 Å². The largest absolute Gasteiger partial charge is 0.380 e. The number of aliphatic hydroxyl groups is 1. The molecule has 1 unspecified atom stereocenters. The van der Waals surface area contributed by atoms with Crippen molar-refractivity contribution in [1.29, 1.82) is 0 Å². The molecule has 1 aliphatic carbocycles. The van der Waals surface area contributed by atoms with E-state index in [1.807, 2.05) is 37.4 Å². The van der Waals surface area contributed by atoms with Gasteiger partial charge in [0.15, 0.2) is 5.78 Å². The van der Waals surface area contributed by atoms with Gasteiger partial charge in [-0.2, -0.15) is 0 Å². The van der Waals surface area contributed by atoms with E-state index in [1.54, 1.807) is 17.4 Å². The zero-order chi connectivity index (χ0) is 14.6. The van der Waals surface area contributed by atoms with E-state index in [4.69, 9.17) is 0 Å². The van der Waals surface area contributed by atoms with E-state index in [1.165, 1.54) is 12.2 Å². The van der Waals surface area contributed by atoms with Crippen molar-refractivity contribution in [2.75, 3.05) is 0 Å². The van der Waals surface area contributed by atoms with Crippen LogP contribution in [0.4, 0.5) is 0 Å². The number of carbonyl (C=O) groups is 1. The molecule has 102 valence electrons. The fourth-order valence-electron chi connectivity index (χ4n) is 1.85. The summed E-state index contributed by atoms with van der Waals surface area (Å²) in [5.41, 5.74) is 0.191. The van der Waals surface area contributed by atoms with Gasteiger partial charge in [-0.3, -0.25) is 4.79 Å². The molecule has 2 rings (SSSR count). The van der Waals surface area contributed by atoms with Crippen LogP contribution in [-0.2, 0) is 4.79 Å². The fourth-order valence-corrected chi connectivity index (χ4v) is 2.44. The third kappa shape index (κ3) is 3.36. The first kappa shape index (κ1) is 14.5. The topological polar surface area (TPSA) is 37.3 Å². The van der Waals surface area contributed by atoms with Crippen LogP contribution in [0.1, 0.15) is 25.1 Å². The number of ketones is 1. The van der Waals surface area contributed by atoms with E-state index in [2.05, 4.69) is 11.8 Å². The van der Waals surface area contributed by atoms with Crippen LogP contribution in [0.15, 0.2) is 53.0 Å². The predicted molar refractivity (Wildman–Crippen MR) is 82.4 cm³/mol. The van der Waals surface area contributed by atoms with Crippen molar-refractivity contribution >= 4 is 17.1 Å². The van der Waals surface area contributed by atoms with Crippen LogP contribution in [0, 0.1) is 11.8 Å². The Morgan fingerprint density at radius 2 is 2.30 bits per heavy atom. The van der Waals surface area contributed by atoms with E-state index in [0.29, 0.717) is 5.57 Å². The molecule has 0 aromatic carbocycles. The second kappa shape index (κ2) is 6.04. The summed E-state index contributed by atoms with van der Waals surface area (Å²) in [6, 6.07) is 3.86. The van der Waals surface area contributed by atoms with Gasteiger partial charge < -0.3 is 5.11 Å². The Morgan fingerprint density at radius 1 is 1.50 bits per heavy atom. The van der Waals surface area contributed by atoms with Crippen LogP contribution in [0.2, 0.25) is 0 Å². The normalized spacial score (nSPS) is 22.8. The van der Waals surface area contributed by atoms with Crippen LogP contribution in [0.25, 0.3) is 0 Å². The number of allylic oxidation sites excluding steroid dienone is 4. The summed E-state index contributed by atoms with van der Waals surface area (Å²) in [7, 11) is 0. The molecular formula is C17H16O2S. The Balaban J connectivity index is 2.19. The first-order valence-corrected chi connectivity index (χ1v) is 7.23. The van der Waals surface area contributed by atoms with Crippen molar-refractivity contribution < 1.29 is 9.90 Å². The SMILES string of the molecule is CC(C)=C/C=C1/C(=O)C=CC1(O)CC#Cc1cccs1. The number of hydrogen-bond acceptors (Lipinski definition) is 3. The minimum atomic E-state index is -1.27. The highest BCUT2D eigenvalue weighted by atomic mass is 32.1. The van der Waals surface area contributed by atoms with Gasteiger partial charge in [0.05, 0.1) is 4.88 Å². The summed E-state index contributed by atoms with van der Waals surface area (Å²) in [4.78, 5) is 12.8. The van der Waals surface area contributed by atoms with E-state index >= 15 is 0 Å². The molecule has 1 aromatic heterocycles. The standard InChI is InChI=1S/C17H16O2S/c1-13(2)7-8-15-16(18)9-11-17(15,19)10-3-5-14-6-4-12-20-14/h4,6-9,11-12,19H,10H2,1-2H3/b15-8-. The molecule has 1 heterocycles. The van der Waals surface area contributed by atoms with Gasteiger partial charge in [-0.05, 0) is 37.4 Å². The minimum absolute atomic E-state index is 0.150. The molecule has 0 spiro atoms. The molecule has 0 aliphatic heterocycles. The van der Waals surface area contributed by atoms with E-state index in [-0.39, 0.29) is 12.2 Å². The summed E-state index contributed by atoms with van der Waals surface area (Å²) >= 11 is 1.56. The molecule has 0 radical (unpaired) electrons. The Morgan fingerprint density at radius 3 is 2.95 bits per heavy atom. The minimum Gasteiger partial charge on any atom is -0.380 e. The molecule has 0 saturated heterocycles. The molecule has 1 atom stereocenters. The average Bonchev–Trinajstić information content (AvgIpc) is 2.98. The van der Waals surface area contributed by atoms with Gasteiger partial charge in [0.2, 0.25) is 0 Å². The van der Waals surface area contributed by atoms with Crippen molar-refractivity contribution in [3.8, 4) is 11.8 Å². The molecular weight excluding hydrogens is 268 g/mol. The van der Waals surface area contributed by atoms with Crippen LogP contribution < -0.4 is 0 Å². The zero-order valence-corrected chi connectivity index (χ0v) is 12.3. The Bertz CT molecular complexity index is 647. The van der Waals surface area contributed by atoms with E-state index < -0.39 is 5.60 Å². The van der Waals surface area contributed by atoms with Crippen molar-refractivity contribution in [1.82, 2.24) is 0 Å². The Labute approximate surface area is 123 Å². The Hall–Kier alpha value is -1.89. The first-order chi connectivity index (χ1) is 9.51. The molecule has 2 nitrogen and oxygen atoms in total. The number of hydrogen-bond donors (Lipinski definition) is 1. The lowest BCUT2D eigenvalue weighted by Gasteiger charge is -2.19. The summed E-state index contributed by atoms with van der Waals surface area (Å²) in [6.45, 7) is 3.89. The van der Waals surface area contributed by atoms with Gasteiger partial charge in [-0.15, -0.1) is 11.3 Å². The van der Waals surface area contributed by atoms with Crippen LogP contribution >= 0.6 is 11.3 Å². The molecule has 0 fully saturated rings. The van der Waals surface area contributed by atoms with E-state index in [0.717, 1.165) is 10.5 Å². The quantitative estimate of drug-likeness (QED) is 0.668. The maximum atomic E-state index is 11.8. The maximum Gasteiger partial charge on any atom is 0.184 e. The van der Waals surface area contributed by atoms with Crippen LogP contribution in [0.5, 0.6) is 0 Å². The number of rotatable bonds is 2. The van der Waals surface area contributed by atoms with Crippen LogP contribution in [0.3, 0.4) is 0 Å². The summed E-state index contributed by atoms with van der Waals surface area (Å²) < 4.78 is 0. The highest BCUT2D eigenvalue weighted by Crippen LogP contribution is 2.29.